The molecular formula is C9H16ClN3. The van der Waals surface area contributed by atoms with Crippen molar-refractivity contribution in [2.75, 3.05) is 6.54 Å². The first kappa shape index (κ1) is 10.5. The van der Waals surface area contributed by atoms with Gasteiger partial charge in [-0.05, 0) is 33.7 Å². The monoisotopic (exact) mass is 201 g/mol. The lowest BCUT2D eigenvalue weighted by Gasteiger charge is -2.20. The van der Waals surface area contributed by atoms with Crippen molar-refractivity contribution in [1.82, 2.24) is 9.78 Å². The van der Waals surface area contributed by atoms with E-state index in [1.165, 1.54) is 0 Å². The van der Waals surface area contributed by atoms with Gasteiger partial charge in [0.25, 0.3) is 0 Å². The predicted octanol–water partition coefficient (Wildman–Crippen LogP) is 1.79. The summed E-state index contributed by atoms with van der Waals surface area (Å²) in [6.45, 7) is 6.81. The molecule has 0 aromatic carbocycles. The Bertz CT molecular complexity index is 286. The van der Waals surface area contributed by atoms with E-state index in [0.29, 0.717) is 11.7 Å². The normalized spacial score (nSPS) is 12.1. The van der Waals surface area contributed by atoms with Crippen LogP contribution in [-0.2, 0) is 12.0 Å². The first-order chi connectivity index (χ1) is 5.96. The Morgan fingerprint density at radius 1 is 1.54 bits per heavy atom. The minimum atomic E-state index is -0.0655. The maximum absolute atomic E-state index is 6.13. The van der Waals surface area contributed by atoms with Gasteiger partial charge in [0, 0.05) is 5.56 Å². The highest BCUT2D eigenvalue weighted by Crippen LogP contribution is 2.23. The highest BCUT2D eigenvalue weighted by Gasteiger charge is 2.18. The van der Waals surface area contributed by atoms with Crippen LogP contribution in [0.3, 0.4) is 0 Å². The minimum absolute atomic E-state index is 0.0655. The molecule has 1 rings (SSSR count). The first-order valence-electron chi connectivity index (χ1n) is 4.39. The lowest BCUT2D eigenvalue weighted by atomic mass is 10.1. The van der Waals surface area contributed by atoms with E-state index in [-0.39, 0.29) is 5.54 Å². The van der Waals surface area contributed by atoms with Crippen molar-refractivity contribution in [3.05, 3.63) is 16.9 Å². The summed E-state index contributed by atoms with van der Waals surface area (Å²) in [5.74, 6) is 0. The molecule has 4 heteroatoms. The number of aromatic nitrogens is 2. The van der Waals surface area contributed by atoms with Crippen molar-refractivity contribution in [2.45, 2.75) is 32.7 Å². The number of nitrogens with two attached hydrogens (primary N) is 1. The Balaban J connectivity index is 2.99. The summed E-state index contributed by atoms with van der Waals surface area (Å²) in [5.41, 5.74) is 6.41. The van der Waals surface area contributed by atoms with Crippen molar-refractivity contribution in [3.8, 4) is 0 Å². The van der Waals surface area contributed by atoms with Crippen LogP contribution in [0, 0.1) is 0 Å². The Kier molecular flexibility index (Phi) is 2.98. The summed E-state index contributed by atoms with van der Waals surface area (Å²) in [6.07, 6.45) is 2.58. The van der Waals surface area contributed by atoms with Crippen molar-refractivity contribution in [2.24, 2.45) is 5.73 Å². The standard InChI is InChI=1S/C9H16ClN3/c1-9(2,3)13-8(10)7(4-5-11)6-12-13/h6H,4-5,11H2,1-3H3. The second-order valence-corrected chi connectivity index (χ2v) is 4.44. The largest absolute Gasteiger partial charge is 0.330 e. The van der Waals surface area contributed by atoms with Gasteiger partial charge in [-0.2, -0.15) is 5.10 Å². The lowest BCUT2D eigenvalue weighted by Crippen LogP contribution is -2.23. The van der Waals surface area contributed by atoms with E-state index in [9.17, 15) is 0 Å². The number of hydrogen-bond donors (Lipinski definition) is 1. The second-order valence-electron chi connectivity index (χ2n) is 4.08. The molecule has 0 bridgehead atoms. The van der Waals surface area contributed by atoms with Gasteiger partial charge in [0.15, 0.2) is 0 Å². The van der Waals surface area contributed by atoms with Crippen molar-refractivity contribution in [3.63, 3.8) is 0 Å². The fraction of sp³-hybridized carbons (Fsp3) is 0.667. The zero-order valence-corrected chi connectivity index (χ0v) is 9.10. The molecule has 1 aromatic heterocycles. The maximum atomic E-state index is 6.13. The van der Waals surface area contributed by atoms with E-state index >= 15 is 0 Å². The zero-order valence-electron chi connectivity index (χ0n) is 8.34. The number of halogens is 1. The van der Waals surface area contributed by atoms with E-state index in [1.807, 2.05) is 4.68 Å². The van der Waals surface area contributed by atoms with Crippen LogP contribution >= 0.6 is 11.6 Å². The Labute approximate surface area is 83.9 Å². The van der Waals surface area contributed by atoms with Crippen molar-refractivity contribution < 1.29 is 0 Å². The summed E-state index contributed by atoms with van der Waals surface area (Å²) in [4.78, 5) is 0. The molecule has 74 valence electrons. The van der Waals surface area contributed by atoms with Crippen LogP contribution in [-0.4, -0.2) is 16.3 Å². The molecule has 3 nitrogen and oxygen atoms in total. The highest BCUT2D eigenvalue weighted by molar-refractivity contribution is 6.30. The Morgan fingerprint density at radius 3 is 2.54 bits per heavy atom. The molecule has 0 aliphatic heterocycles. The third-order valence-electron chi connectivity index (χ3n) is 1.83. The molecule has 1 aromatic rings. The van der Waals surface area contributed by atoms with Gasteiger partial charge in [-0.1, -0.05) is 11.6 Å². The van der Waals surface area contributed by atoms with Crippen LogP contribution in [0.5, 0.6) is 0 Å². The molecule has 0 unspecified atom stereocenters. The van der Waals surface area contributed by atoms with Crippen LogP contribution in [0.1, 0.15) is 26.3 Å². The topological polar surface area (TPSA) is 43.8 Å². The molecule has 0 spiro atoms. The van der Waals surface area contributed by atoms with E-state index in [2.05, 4.69) is 25.9 Å². The summed E-state index contributed by atoms with van der Waals surface area (Å²) >= 11 is 6.13. The molecule has 0 amide bonds. The molecule has 2 N–H and O–H groups in total. The average molecular weight is 202 g/mol. The molecule has 0 aliphatic rings. The van der Waals surface area contributed by atoms with Gasteiger partial charge < -0.3 is 5.73 Å². The number of rotatable bonds is 2. The predicted molar refractivity (Wildman–Crippen MR) is 55.0 cm³/mol. The fourth-order valence-electron chi connectivity index (χ4n) is 1.16. The van der Waals surface area contributed by atoms with Crippen molar-refractivity contribution in [1.29, 1.82) is 0 Å². The quantitative estimate of drug-likeness (QED) is 0.793. The molecule has 0 saturated carbocycles. The van der Waals surface area contributed by atoms with Gasteiger partial charge >= 0.3 is 0 Å². The van der Waals surface area contributed by atoms with Gasteiger partial charge in [-0.25, -0.2) is 4.68 Å². The first-order valence-corrected chi connectivity index (χ1v) is 4.77. The zero-order chi connectivity index (χ0) is 10.1. The van der Waals surface area contributed by atoms with Crippen LogP contribution in [0.2, 0.25) is 5.15 Å². The second kappa shape index (κ2) is 3.68. The Morgan fingerprint density at radius 2 is 2.15 bits per heavy atom. The number of hydrogen-bond acceptors (Lipinski definition) is 2. The lowest BCUT2D eigenvalue weighted by molar-refractivity contribution is 0.356. The average Bonchev–Trinajstić information content (AvgIpc) is 2.32. The smallest absolute Gasteiger partial charge is 0.130 e. The van der Waals surface area contributed by atoms with Gasteiger partial charge in [0.2, 0.25) is 0 Å². The SMILES string of the molecule is CC(C)(C)n1ncc(CCN)c1Cl. The third-order valence-corrected chi connectivity index (χ3v) is 2.23. The van der Waals surface area contributed by atoms with Crippen LogP contribution in [0.25, 0.3) is 0 Å². The van der Waals surface area contributed by atoms with E-state index < -0.39 is 0 Å². The number of nitrogens with zero attached hydrogens (tertiary/aromatic N) is 2. The van der Waals surface area contributed by atoms with E-state index in [4.69, 9.17) is 17.3 Å². The summed E-state index contributed by atoms with van der Waals surface area (Å²) < 4.78 is 1.82. The van der Waals surface area contributed by atoms with Gasteiger partial charge in [0.1, 0.15) is 5.15 Å². The van der Waals surface area contributed by atoms with Gasteiger partial charge in [-0.15, -0.1) is 0 Å². The van der Waals surface area contributed by atoms with E-state index in [1.54, 1.807) is 6.20 Å². The maximum Gasteiger partial charge on any atom is 0.130 e. The van der Waals surface area contributed by atoms with Gasteiger partial charge in [0.05, 0.1) is 11.7 Å². The summed E-state index contributed by atoms with van der Waals surface area (Å²) in [7, 11) is 0. The van der Waals surface area contributed by atoms with Crippen LogP contribution < -0.4 is 5.73 Å². The highest BCUT2D eigenvalue weighted by atomic mass is 35.5. The molecule has 1 heterocycles. The van der Waals surface area contributed by atoms with Crippen LogP contribution in [0.4, 0.5) is 0 Å². The van der Waals surface area contributed by atoms with Gasteiger partial charge in [-0.3, -0.25) is 0 Å². The fourth-order valence-corrected chi connectivity index (χ4v) is 1.60. The molecular weight excluding hydrogens is 186 g/mol. The summed E-state index contributed by atoms with van der Waals surface area (Å²) in [6, 6.07) is 0. The molecule has 0 fully saturated rings. The van der Waals surface area contributed by atoms with E-state index in [0.717, 1.165) is 12.0 Å². The Hall–Kier alpha value is -0.540. The molecule has 0 atom stereocenters. The third kappa shape index (κ3) is 2.23. The molecule has 0 aliphatic carbocycles. The molecule has 13 heavy (non-hydrogen) atoms. The van der Waals surface area contributed by atoms with Crippen molar-refractivity contribution >= 4 is 11.6 Å². The molecule has 0 radical (unpaired) electrons. The summed E-state index contributed by atoms with van der Waals surface area (Å²) in [5, 5.41) is 4.94. The molecule has 0 saturated heterocycles. The minimum Gasteiger partial charge on any atom is -0.330 e. The van der Waals surface area contributed by atoms with Crippen LogP contribution in [0.15, 0.2) is 6.20 Å².